The van der Waals surface area contributed by atoms with E-state index >= 15 is 0 Å². The summed E-state index contributed by atoms with van der Waals surface area (Å²) < 4.78 is 32.0. The van der Waals surface area contributed by atoms with Gasteiger partial charge in [0.2, 0.25) is 5.92 Å². The molecule has 2 atom stereocenters. The molecule has 1 aliphatic carbocycles. The standard InChI is InChI=1S/C14H21F2NO/c1-3-17-12(13-5-4-10(2)18-13)8-11-6-7-14(15,16)9-11/h4-5,11-12,17H,3,6-9H2,1-2H3. The summed E-state index contributed by atoms with van der Waals surface area (Å²) in [7, 11) is 0. The first-order chi connectivity index (χ1) is 8.50. The first-order valence-corrected chi connectivity index (χ1v) is 6.68. The number of aryl methyl sites for hydroxylation is 1. The molecule has 1 N–H and O–H groups in total. The monoisotopic (exact) mass is 257 g/mol. The fourth-order valence-corrected chi connectivity index (χ4v) is 2.76. The summed E-state index contributed by atoms with van der Waals surface area (Å²) >= 11 is 0. The van der Waals surface area contributed by atoms with Gasteiger partial charge in [-0.2, -0.15) is 0 Å². The first kappa shape index (κ1) is 13.5. The minimum Gasteiger partial charge on any atom is -0.465 e. The zero-order chi connectivity index (χ0) is 13.2. The van der Waals surface area contributed by atoms with E-state index in [2.05, 4.69) is 5.32 Å². The molecular weight excluding hydrogens is 236 g/mol. The maximum atomic E-state index is 13.2. The van der Waals surface area contributed by atoms with E-state index in [1.807, 2.05) is 26.0 Å². The van der Waals surface area contributed by atoms with Gasteiger partial charge < -0.3 is 9.73 Å². The smallest absolute Gasteiger partial charge is 0.248 e. The fourth-order valence-electron chi connectivity index (χ4n) is 2.76. The van der Waals surface area contributed by atoms with Gasteiger partial charge in [-0.1, -0.05) is 6.92 Å². The van der Waals surface area contributed by atoms with Crippen LogP contribution in [0, 0.1) is 12.8 Å². The third kappa shape index (κ3) is 3.31. The molecule has 0 saturated heterocycles. The summed E-state index contributed by atoms with van der Waals surface area (Å²) in [6.07, 6.45) is 1.41. The molecule has 1 heterocycles. The molecule has 1 aromatic rings. The molecule has 0 aliphatic heterocycles. The van der Waals surface area contributed by atoms with Crippen LogP contribution in [0.25, 0.3) is 0 Å². The van der Waals surface area contributed by atoms with E-state index in [1.165, 1.54) is 0 Å². The van der Waals surface area contributed by atoms with Crippen molar-refractivity contribution in [1.82, 2.24) is 5.32 Å². The van der Waals surface area contributed by atoms with E-state index in [9.17, 15) is 8.78 Å². The molecule has 102 valence electrons. The Balaban J connectivity index is 1.99. The van der Waals surface area contributed by atoms with Crippen LogP contribution in [0.4, 0.5) is 8.78 Å². The summed E-state index contributed by atoms with van der Waals surface area (Å²) in [6.45, 7) is 4.73. The topological polar surface area (TPSA) is 25.2 Å². The summed E-state index contributed by atoms with van der Waals surface area (Å²) in [5.74, 6) is -0.635. The SMILES string of the molecule is CCNC(CC1CCC(F)(F)C1)c1ccc(C)o1. The Bertz CT molecular complexity index is 389. The van der Waals surface area contributed by atoms with Gasteiger partial charge in [-0.25, -0.2) is 8.78 Å². The molecule has 2 nitrogen and oxygen atoms in total. The summed E-state index contributed by atoms with van der Waals surface area (Å²) in [5.41, 5.74) is 0. The van der Waals surface area contributed by atoms with Crippen LogP contribution in [0.2, 0.25) is 0 Å². The number of hydrogen-bond acceptors (Lipinski definition) is 2. The van der Waals surface area contributed by atoms with Crippen molar-refractivity contribution < 1.29 is 13.2 Å². The molecule has 1 aliphatic rings. The lowest BCUT2D eigenvalue weighted by atomic mass is 9.96. The van der Waals surface area contributed by atoms with Crippen LogP contribution in [0.5, 0.6) is 0 Å². The normalized spacial score (nSPS) is 24.3. The highest BCUT2D eigenvalue weighted by Crippen LogP contribution is 2.42. The Hall–Kier alpha value is -0.900. The summed E-state index contributed by atoms with van der Waals surface area (Å²) in [4.78, 5) is 0. The van der Waals surface area contributed by atoms with Gasteiger partial charge in [0, 0.05) is 12.8 Å². The van der Waals surface area contributed by atoms with Crippen molar-refractivity contribution in [2.45, 2.75) is 51.5 Å². The number of alkyl halides is 2. The van der Waals surface area contributed by atoms with Gasteiger partial charge in [0.05, 0.1) is 6.04 Å². The maximum Gasteiger partial charge on any atom is 0.248 e. The first-order valence-electron chi connectivity index (χ1n) is 6.68. The molecule has 0 radical (unpaired) electrons. The largest absolute Gasteiger partial charge is 0.465 e. The lowest BCUT2D eigenvalue weighted by molar-refractivity contribution is 0.00420. The van der Waals surface area contributed by atoms with Gasteiger partial charge in [0.15, 0.2) is 0 Å². The third-order valence-electron chi connectivity index (χ3n) is 3.63. The van der Waals surface area contributed by atoms with Crippen molar-refractivity contribution in [3.8, 4) is 0 Å². The molecule has 18 heavy (non-hydrogen) atoms. The van der Waals surface area contributed by atoms with Gasteiger partial charge in [-0.15, -0.1) is 0 Å². The van der Waals surface area contributed by atoms with Gasteiger partial charge in [-0.05, 0) is 44.4 Å². The minimum atomic E-state index is -2.46. The average molecular weight is 257 g/mol. The summed E-state index contributed by atoms with van der Waals surface area (Å²) in [5, 5.41) is 3.33. The number of hydrogen-bond donors (Lipinski definition) is 1. The molecule has 1 fully saturated rings. The Morgan fingerprint density at radius 3 is 2.78 bits per heavy atom. The third-order valence-corrected chi connectivity index (χ3v) is 3.63. The number of halogens is 2. The Morgan fingerprint density at radius 1 is 1.50 bits per heavy atom. The number of rotatable bonds is 5. The van der Waals surface area contributed by atoms with Crippen molar-refractivity contribution >= 4 is 0 Å². The van der Waals surface area contributed by atoms with Gasteiger partial charge >= 0.3 is 0 Å². The van der Waals surface area contributed by atoms with Crippen LogP contribution in [-0.4, -0.2) is 12.5 Å². The van der Waals surface area contributed by atoms with E-state index in [0.29, 0.717) is 6.42 Å². The molecule has 2 rings (SSSR count). The number of nitrogens with one attached hydrogen (secondary N) is 1. The lowest BCUT2D eigenvalue weighted by Crippen LogP contribution is -2.23. The highest BCUT2D eigenvalue weighted by atomic mass is 19.3. The predicted molar refractivity (Wildman–Crippen MR) is 66.8 cm³/mol. The van der Waals surface area contributed by atoms with E-state index in [0.717, 1.165) is 24.5 Å². The van der Waals surface area contributed by atoms with Crippen molar-refractivity contribution in [1.29, 1.82) is 0 Å². The number of furan rings is 1. The van der Waals surface area contributed by atoms with Crippen molar-refractivity contribution in [2.75, 3.05) is 6.54 Å². The van der Waals surface area contributed by atoms with E-state index in [4.69, 9.17) is 4.42 Å². The lowest BCUT2D eigenvalue weighted by Gasteiger charge is -2.19. The zero-order valence-corrected chi connectivity index (χ0v) is 11.0. The highest BCUT2D eigenvalue weighted by Gasteiger charge is 2.40. The van der Waals surface area contributed by atoms with Gasteiger partial charge in [0.1, 0.15) is 11.5 Å². The highest BCUT2D eigenvalue weighted by molar-refractivity contribution is 5.10. The van der Waals surface area contributed by atoms with E-state index < -0.39 is 5.92 Å². The molecule has 4 heteroatoms. The molecule has 0 bridgehead atoms. The Labute approximate surface area is 107 Å². The van der Waals surface area contributed by atoms with Crippen LogP contribution in [-0.2, 0) is 0 Å². The molecular formula is C14H21F2NO. The van der Waals surface area contributed by atoms with Crippen molar-refractivity contribution in [2.24, 2.45) is 5.92 Å². The zero-order valence-electron chi connectivity index (χ0n) is 11.0. The van der Waals surface area contributed by atoms with Crippen LogP contribution >= 0.6 is 0 Å². The predicted octanol–water partition coefficient (Wildman–Crippen LogP) is 4.06. The molecule has 0 amide bonds. The van der Waals surface area contributed by atoms with Crippen LogP contribution < -0.4 is 5.32 Å². The van der Waals surface area contributed by atoms with Gasteiger partial charge in [0.25, 0.3) is 0 Å². The second kappa shape index (κ2) is 5.39. The molecule has 0 spiro atoms. The molecule has 1 saturated carbocycles. The van der Waals surface area contributed by atoms with Crippen LogP contribution in [0.1, 0.15) is 50.2 Å². The van der Waals surface area contributed by atoms with E-state index in [-0.39, 0.29) is 24.8 Å². The summed E-state index contributed by atoms with van der Waals surface area (Å²) in [6, 6.07) is 3.92. The van der Waals surface area contributed by atoms with E-state index in [1.54, 1.807) is 0 Å². The second-order valence-electron chi connectivity index (χ2n) is 5.26. The average Bonchev–Trinajstić information content (AvgIpc) is 2.84. The Morgan fingerprint density at radius 2 is 2.28 bits per heavy atom. The van der Waals surface area contributed by atoms with Crippen LogP contribution in [0.15, 0.2) is 16.5 Å². The molecule has 2 unspecified atom stereocenters. The van der Waals surface area contributed by atoms with Crippen LogP contribution in [0.3, 0.4) is 0 Å². The second-order valence-corrected chi connectivity index (χ2v) is 5.26. The molecule has 0 aromatic carbocycles. The quantitative estimate of drug-likeness (QED) is 0.860. The minimum absolute atomic E-state index is 0.0224. The molecule has 1 aromatic heterocycles. The fraction of sp³-hybridized carbons (Fsp3) is 0.714. The van der Waals surface area contributed by atoms with Crippen molar-refractivity contribution in [3.63, 3.8) is 0 Å². The van der Waals surface area contributed by atoms with Gasteiger partial charge in [-0.3, -0.25) is 0 Å². The van der Waals surface area contributed by atoms with Crippen molar-refractivity contribution in [3.05, 3.63) is 23.7 Å². The maximum absolute atomic E-state index is 13.2. The Kier molecular flexibility index (Phi) is 4.05.